The van der Waals surface area contributed by atoms with E-state index in [1.807, 2.05) is 0 Å². The van der Waals surface area contributed by atoms with Gasteiger partial charge in [0.1, 0.15) is 116 Å². The number of hydrogen-bond acceptors (Lipinski definition) is 25. The Labute approximate surface area is 353 Å². The number of aliphatic hydroxyl groups is 14. The highest BCUT2D eigenvalue weighted by Gasteiger charge is 2.56. The highest BCUT2D eigenvalue weighted by atomic mass is 16.8. The van der Waals surface area contributed by atoms with Gasteiger partial charge < -0.3 is 125 Å². The molecule has 10 unspecified atom stereocenters. The van der Waals surface area contributed by atoms with E-state index < -0.39 is 198 Å². The number of amides is 2. The summed E-state index contributed by atoms with van der Waals surface area (Å²) in [5, 5.41) is 153. The minimum absolute atomic E-state index is 0.533. The summed E-state index contributed by atoms with van der Waals surface area (Å²) in [7, 11) is 0. The highest BCUT2D eigenvalue weighted by molar-refractivity contribution is 5.73. The lowest BCUT2D eigenvalue weighted by Gasteiger charge is -2.50. The summed E-state index contributed by atoms with van der Waals surface area (Å²) < 4.78 is 51.6. The highest BCUT2D eigenvalue weighted by Crippen LogP contribution is 2.35. The molecule has 0 bridgehead atoms. The number of carbonyl (C=O) groups is 2. The van der Waals surface area contributed by atoms with Crippen LogP contribution in [0.25, 0.3) is 0 Å². The van der Waals surface area contributed by atoms with Crippen LogP contribution in [0, 0.1) is 0 Å². The first-order chi connectivity index (χ1) is 29.3. The smallest absolute Gasteiger partial charge is 0.217 e. The molecule has 360 valence electrons. The zero-order chi connectivity index (χ0) is 45.9. The van der Waals surface area contributed by atoms with Crippen LogP contribution in [0.15, 0.2) is 0 Å². The summed E-state index contributed by atoms with van der Waals surface area (Å²) in [5.74, 6) is -1.29. The fraction of sp³-hybridized carbons (Fsp3) is 0.943. The van der Waals surface area contributed by atoms with Crippen molar-refractivity contribution in [3.63, 3.8) is 0 Å². The maximum Gasteiger partial charge on any atom is 0.217 e. The number of rotatable bonds is 15. The molecule has 62 heavy (non-hydrogen) atoms. The second-order valence-corrected chi connectivity index (χ2v) is 15.8. The Bertz CT molecular complexity index is 1440. The Hall–Kier alpha value is -1.98. The van der Waals surface area contributed by atoms with Gasteiger partial charge >= 0.3 is 0 Å². The molecule has 25 atom stereocenters. The SMILES string of the molecule is CC(=O)NC1[C@H](O[C@@H]2C(CO)O[C@@H](C)C(NC(C)=O)[C@H]2O)OC(CO)[C@@H](O[C@@H]2OC(CO[C@H]3OC(CO)[C@@H](O)[C@H](O)C3O)[C@@H](O)[C@H](O[C@H]3O[C@@H](CO)[C@@H](O)C(O)C3O)C2O)[C@@H]1O. The second kappa shape index (κ2) is 22.0. The molecule has 27 nitrogen and oxygen atoms in total. The Kier molecular flexibility index (Phi) is 18.1. The Morgan fingerprint density at radius 2 is 0.839 bits per heavy atom. The zero-order valence-electron chi connectivity index (χ0n) is 33.7. The lowest BCUT2D eigenvalue weighted by atomic mass is 9.92. The van der Waals surface area contributed by atoms with Crippen molar-refractivity contribution in [3.05, 3.63) is 0 Å². The fourth-order valence-corrected chi connectivity index (χ4v) is 7.98. The van der Waals surface area contributed by atoms with Crippen LogP contribution >= 0.6 is 0 Å². The van der Waals surface area contributed by atoms with Crippen LogP contribution in [0.5, 0.6) is 0 Å². The van der Waals surface area contributed by atoms with Crippen molar-refractivity contribution in [1.29, 1.82) is 0 Å². The van der Waals surface area contributed by atoms with Crippen molar-refractivity contribution in [1.82, 2.24) is 10.6 Å². The molecular weight excluding hydrogens is 848 g/mol. The number of hydrogen-bond donors (Lipinski definition) is 16. The van der Waals surface area contributed by atoms with Crippen molar-refractivity contribution in [3.8, 4) is 0 Å². The van der Waals surface area contributed by atoms with E-state index in [0.29, 0.717) is 0 Å². The molecule has 5 aliphatic rings. The number of nitrogens with one attached hydrogen (secondary N) is 2. The van der Waals surface area contributed by atoms with Crippen molar-refractivity contribution in [2.75, 3.05) is 33.0 Å². The molecule has 5 saturated heterocycles. The van der Waals surface area contributed by atoms with Crippen LogP contribution in [0.3, 0.4) is 0 Å². The maximum atomic E-state index is 12.5. The van der Waals surface area contributed by atoms with E-state index in [9.17, 15) is 81.1 Å². The van der Waals surface area contributed by atoms with Crippen LogP contribution in [-0.2, 0) is 52.2 Å². The van der Waals surface area contributed by atoms with Gasteiger partial charge in [-0.2, -0.15) is 0 Å². The number of aliphatic hydroxyl groups excluding tert-OH is 14. The maximum absolute atomic E-state index is 12.5. The largest absolute Gasteiger partial charge is 0.394 e. The molecule has 5 fully saturated rings. The normalized spacial score (nSPS) is 49.0. The summed E-state index contributed by atoms with van der Waals surface area (Å²) in [6.07, 6.45) is -40.1. The predicted octanol–water partition coefficient (Wildman–Crippen LogP) is -10.6. The number of carbonyl (C=O) groups excluding carboxylic acids is 2. The minimum atomic E-state index is -2.16. The van der Waals surface area contributed by atoms with Gasteiger partial charge in [0.2, 0.25) is 11.8 Å². The van der Waals surface area contributed by atoms with Gasteiger partial charge in [0.25, 0.3) is 0 Å². The van der Waals surface area contributed by atoms with Crippen LogP contribution < -0.4 is 10.6 Å². The van der Waals surface area contributed by atoms with E-state index in [4.69, 9.17) is 42.6 Å². The standard InChI is InChI=1S/C35H60N2O25/c1-9-17(36-10(2)42)22(47)29(14(6-40)55-9)60-32-18(37-11(3)43)23(48)30(15(7-41)58-32)61-35-28(53)31(62-34-27(52)25(50)20(45)13(5-39)57-34)21(46)16(59-35)8-54-33-26(51)24(49)19(44)12(4-38)56-33/h9,12-35,38-41,44-53H,4-8H2,1-3H3,(H,36,42)(H,37,43)/t9-,12?,13-,14?,15?,16?,17?,18?,19+,20+,21+,22+,23+,24-,25?,26?,27?,28?,29+,30+,31-,32-,33-,34+,35-/m0/s1. The second-order valence-electron chi connectivity index (χ2n) is 15.8. The van der Waals surface area contributed by atoms with E-state index in [-0.39, 0.29) is 0 Å². The molecule has 16 N–H and O–H groups in total. The van der Waals surface area contributed by atoms with Crippen LogP contribution in [0.1, 0.15) is 20.8 Å². The monoisotopic (exact) mass is 908 g/mol. The summed E-state index contributed by atoms with van der Waals surface area (Å²) in [6.45, 7) is -0.399. The van der Waals surface area contributed by atoms with Crippen molar-refractivity contribution in [2.24, 2.45) is 0 Å². The molecule has 27 heteroatoms. The molecule has 5 aliphatic heterocycles. The molecule has 0 aliphatic carbocycles. The summed E-state index contributed by atoms with van der Waals surface area (Å²) in [5.41, 5.74) is 0. The topological polar surface area (TPSA) is 424 Å². The fourth-order valence-electron chi connectivity index (χ4n) is 7.98. The molecule has 5 rings (SSSR count). The zero-order valence-corrected chi connectivity index (χ0v) is 33.7. The van der Waals surface area contributed by atoms with Gasteiger partial charge in [-0.3, -0.25) is 9.59 Å². The molecule has 0 radical (unpaired) electrons. The minimum Gasteiger partial charge on any atom is -0.394 e. The first kappa shape index (κ1) is 51.0. The van der Waals surface area contributed by atoms with Gasteiger partial charge in [-0.25, -0.2) is 0 Å². The quantitative estimate of drug-likeness (QED) is 0.0725. The van der Waals surface area contributed by atoms with Crippen LogP contribution in [0.4, 0.5) is 0 Å². The molecule has 0 aromatic rings. The lowest BCUT2D eigenvalue weighted by molar-refractivity contribution is -0.383. The lowest BCUT2D eigenvalue weighted by Crippen LogP contribution is -2.70. The van der Waals surface area contributed by atoms with Gasteiger partial charge in [-0.05, 0) is 6.92 Å². The molecule has 0 aromatic heterocycles. The third-order valence-electron chi connectivity index (χ3n) is 11.4. The van der Waals surface area contributed by atoms with Crippen LogP contribution in [-0.4, -0.2) is 270 Å². The average molecular weight is 909 g/mol. The van der Waals surface area contributed by atoms with Crippen LogP contribution in [0.2, 0.25) is 0 Å². The van der Waals surface area contributed by atoms with Gasteiger partial charge in [-0.15, -0.1) is 0 Å². The van der Waals surface area contributed by atoms with Crippen molar-refractivity contribution in [2.45, 2.75) is 174 Å². The van der Waals surface area contributed by atoms with Crippen molar-refractivity contribution >= 4 is 11.8 Å². The van der Waals surface area contributed by atoms with E-state index in [1.165, 1.54) is 13.8 Å². The Morgan fingerprint density at radius 3 is 1.37 bits per heavy atom. The van der Waals surface area contributed by atoms with E-state index in [2.05, 4.69) is 10.6 Å². The molecule has 2 amide bonds. The third kappa shape index (κ3) is 11.0. The molecule has 0 saturated carbocycles. The average Bonchev–Trinajstić information content (AvgIpc) is 3.23. The van der Waals surface area contributed by atoms with Gasteiger partial charge in [0.15, 0.2) is 25.2 Å². The van der Waals surface area contributed by atoms with E-state index in [0.717, 1.165) is 6.92 Å². The molecule has 5 heterocycles. The predicted molar refractivity (Wildman–Crippen MR) is 193 cm³/mol. The molecule has 0 aromatic carbocycles. The van der Waals surface area contributed by atoms with Gasteiger partial charge in [0.05, 0.1) is 45.2 Å². The Balaban J connectivity index is 1.41. The van der Waals surface area contributed by atoms with Crippen molar-refractivity contribution < 1.29 is 124 Å². The van der Waals surface area contributed by atoms with E-state index >= 15 is 0 Å². The van der Waals surface area contributed by atoms with Gasteiger partial charge in [0, 0.05) is 13.8 Å². The van der Waals surface area contributed by atoms with Gasteiger partial charge in [-0.1, -0.05) is 0 Å². The number of ether oxygens (including phenoxy) is 9. The summed E-state index contributed by atoms with van der Waals surface area (Å²) in [6, 6.07) is -2.68. The summed E-state index contributed by atoms with van der Waals surface area (Å²) in [4.78, 5) is 24.4. The first-order valence-electron chi connectivity index (χ1n) is 19.9. The molecular formula is C35H60N2O25. The first-order valence-corrected chi connectivity index (χ1v) is 19.9. The Morgan fingerprint density at radius 1 is 0.435 bits per heavy atom. The molecule has 0 spiro atoms. The third-order valence-corrected chi connectivity index (χ3v) is 11.4. The van der Waals surface area contributed by atoms with E-state index in [1.54, 1.807) is 0 Å². The summed E-state index contributed by atoms with van der Waals surface area (Å²) >= 11 is 0.